The highest BCUT2D eigenvalue weighted by Crippen LogP contribution is 2.57. The van der Waals surface area contributed by atoms with E-state index in [0.717, 1.165) is 0 Å². The van der Waals surface area contributed by atoms with Gasteiger partial charge in [0.15, 0.2) is 0 Å². The molecule has 0 bridgehead atoms. The second-order valence-electron chi connectivity index (χ2n) is 13.3. The maximum absolute atomic E-state index is 2.57. The SMILES string of the molecule is CC1(C)c2cc(P(c3cccc4ccccc34)c3cccc4ccccc34)ccc2-c2c1cc1c3c(cccc23)-c2ccccc2-1. The Balaban J connectivity index is 1.24. The van der Waals surface area contributed by atoms with Gasteiger partial charge in [0.05, 0.1) is 0 Å². The Kier molecular flexibility index (Phi) is 5.41. The summed E-state index contributed by atoms with van der Waals surface area (Å²) >= 11 is 0. The van der Waals surface area contributed by atoms with E-state index in [1.165, 1.54) is 92.7 Å². The van der Waals surface area contributed by atoms with Gasteiger partial charge < -0.3 is 0 Å². The number of benzene rings is 8. The molecule has 46 heavy (non-hydrogen) atoms. The predicted molar refractivity (Wildman–Crippen MR) is 200 cm³/mol. The van der Waals surface area contributed by atoms with Gasteiger partial charge in [-0.05, 0) is 113 Å². The van der Waals surface area contributed by atoms with Crippen molar-refractivity contribution in [2.45, 2.75) is 19.3 Å². The first-order chi connectivity index (χ1) is 22.6. The lowest BCUT2D eigenvalue weighted by atomic mass is 9.81. The third kappa shape index (κ3) is 3.49. The minimum absolute atomic E-state index is 0.128. The van der Waals surface area contributed by atoms with Gasteiger partial charge in [-0.2, -0.15) is 0 Å². The van der Waals surface area contributed by atoms with E-state index in [2.05, 4.69) is 166 Å². The number of hydrogen-bond donors (Lipinski definition) is 0. The molecule has 0 spiro atoms. The van der Waals surface area contributed by atoms with Crippen LogP contribution in [0.15, 0.2) is 152 Å². The first kappa shape index (κ1) is 26.2. The molecule has 0 saturated carbocycles. The summed E-state index contributed by atoms with van der Waals surface area (Å²) in [6, 6.07) is 57.3. The molecule has 0 saturated heterocycles. The van der Waals surface area contributed by atoms with E-state index in [1.54, 1.807) is 0 Å². The Labute approximate surface area is 270 Å². The van der Waals surface area contributed by atoms with Crippen molar-refractivity contribution in [1.82, 2.24) is 0 Å². The fourth-order valence-electron chi connectivity index (χ4n) is 8.42. The van der Waals surface area contributed by atoms with Gasteiger partial charge in [0, 0.05) is 5.41 Å². The van der Waals surface area contributed by atoms with Crippen molar-refractivity contribution >= 4 is 56.2 Å². The lowest BCUT2D eigenvalue weighted by molar-refractivity contribution is 0.661. The van der Waals surface area contributed by atoms with Crippen LogP contribution in [0.3, 0.4) is 0 Å². The average Bonchev–Trinajstić information content (AvgIpc) is 3.54. The fourth-order valence-corrected chi connectivity index (χ4v) is 11.1. The monoisotopic (exact) mass is 602 g/mol. The Bertz CT molecular complexity index is 2480. The Morgan fingerprint density at radius 3 is 1.65 bits per heavy atom. The molecular weight excluding hydrogens is 571 g/mol. The summed E-state index contributed by atoms with van der Waals surface area (Å²) in [4.78, 5) is 0. The first-order valence-electron chi connectivity index (χ1n) is 16.2. The summed E-state index contributed by atoms with van der Waals surface area (Å²) in [5, 5.41) is 12.3. The highest BCUT2D eigenvalue weighted by atomic mass is 31.1. The highest BCUT2D eigenvalue weighted by Gasteiger charge is 2.39. The Morgan fingerprint density at radius 1 is 0.413 bits per heavy atom. The van der Waals surface area contributed by atoms with Crippen molar-refractivity contribution in [3.63, 3.8) is 0 Å². The predicted octanol–water partition coefficient (Wildman–Crippen LogP) is 10.9. The van der Waals surface area contributed by atoms with Crippen molar-refractivity contribution in [1.29, 1.82) is 0 Å². The lowest BCUT2D eigenvalue weighted by Crippen LogP contribution is -2.24. The zero-order valence-electron chi connectivity index (χ0n) is 25.9. The third-order valence-corrected chi connectivity index (χ3v) is 13.1. The molecule has 8 aromatic carbocycles. The summed E-state index contributed by atoms with van der Waals surface area (Å²) in [6.45, 7) is 4.87. The molecule has 216 valence electrons. The molecule has 0 fully saturated rings. The second-order valence-corrected chi connectivity index (χ2v) is 15.5. The van der Waals surface area contributed by atoms with E-state index in [4.69, 9.17) is 0 Å². The van der Waals surface area contributed by atoms with Gasteiger partial charge in [-0.3, -0.25) is 0 Å². The van der Waals surface area contributed by atoms with Crippen LogP contribution in [-0.2, 0) is 5.41 Å². The van der Waals surface area contributed by atoms with Crippen molar-refractivity contribution < 1.29 is 0 Å². The van der Waals surface area contributed by atoms with Crippen molar-refractivity contribution in [2.75, 3.05) is 0 Å². The van der Waals surface area contributed by atoms with E-state index in [1.807, 2.05) is 0 Å². The van der Waals surface area contributed by atoms with Crippen molar-refractivity contribution in [3.8, 4) is 33.4 Å². The normalized spacial score (nSPS) is 13.8. The quantitative estimate of drug-likeness (QED) is 0.177. The van der Waals surface area contributed by atoms with Crippen LogP contribution in [-0.4, -0.2) is 0 Å². The third-order valence-electron chi connectivity index (χ3n) is 10.6. The van der Waals surface area contributed by atoms with Crippen molar-refractivity contribution in [2.24, 2.45) is 0 Å². The van der Waals surface area contributed by atoms with E-state index in [9.17, 15) is 0 Å². The average molecular weight is 603 g/mol. The van der Waals surface area contributed by atoms with E-state index in [-0.39, 0.29) is 5.41 Å². The molecule has 0 aromatic heterocycles. The van der Waals surface area contributed by atoms with Gasteiger partial charge in [0.2, 0.25) is 0 Å². The zero-order valence-corrected chi connectivity index (χ0v) is 26.8. The summed E-state index contributed by atoms with van der Waals surface area (Å²) in [5.74, 6) is 0. The highest BCUT2D eigenvalue weighted by molar-refractivity contribution is 7.80. The van der Waals surface area contributed by atoms with Gasteiger partial charge in [-0.15, -0.1) is 0 Å². The van der Waals surface area contributed by atoms with Gasteiger partial charge >= 0.3 is 0 Å². The number of hydrogen-bond acceptors (Lipinski definition) is 0. The largest absolute Gasteiger partial charge is 0.0616 e. The molecule has 0 N–H and O–H groups in total. The van der Waals surface area contributed by atoms with E-state index < -0.39 is 7.92 Å². The van der Waals surface area contributed by atoms with Gasteiger partial charge in [0.25, 0.3) is 0 Å². The summed E-state index contributed by atoms with van der Waals surface area (Å²) < 4.78 is 0. The van der Waals surface area contributed by atoms with Gasteiger partial charge in [-0.25, -0.2) is 0 Å². The molecule has 1 heteroatoms. The number of fused-ring (bicyclic) bond motifs is 9. The smallest absolute Gasteiger partial charge is 0.0159 e. The number of rotatable bonds is 3. The minimum atomic E-state index is -0.839. The van der Waals surface area contributed by atoms with Crippen LogP contribution in [0.1, 0.15) is 25.0 Å². The minimum Gasteiger partial charge on any atom is -0.0616 e. The molecule has 0 amide bonds. The van der Waals surface area contributed by atoms with Crippen LogP contribution in [0.4, 0.5) is 0 Å². The second kappa shape index (κ2) is 9.49. The van der Waals surface area contributed by atoms with Crippen LogP contribution in [0, 0.1) is 0 Å². The molecule has 10 rings (SSSR count). The Hall–Kier alpha value is -5.03. The van der Waals surface area contributed by atoms with Gasteiger partial charge in [-0.1, -0.05) is 153 Å². The maximum atomic E-state index is 2.57. The van der Waals surface area contributed by atoms with E-state index >= 15 is 0 Å². The summed E-state index contributed by atoms with van der Waals surface area (Å²) in [6.07, 6.45) is 0. The molecule has 0 atom stereocenters. The maximum Gasteiger partial charge on any atom is 0.0159 e. The fraction of sp³-hybridized carbons (Fsp3) is 0.0667. The molecule has 0 unspecified atom stereocenters. The molecule has 0 radical (unpaired) electrons. The van der Waals surface area contributed by atoms with Crippen molar-refractivity contribution in [3.05, 3.63) is 163 Å². The summed E-state index contributed by atoms with van der Waals surface area (Å²) in [5.41, 5.74) is 11.0. The topological polar surface area (TPSA) is 0 Å². The molecule has 0 aliphatic heterocycles. The van der Waals surface area contributed by atoms with Crippen LogP contribution >= 0.6 is 7.92 Å². The van der Waals surface area contributed by atoms with Crippen LogP contribution < -0.4 is 15.9 Å². The van der Waals surface area contributed by atoms with Gasteiger partial charge in [0.1, 0.15) is 0 Å². The van der Waals surface area contributed by atoms with Crippen LogP contribution in [0.5, 0.6) is 0 Å². The Morgan fingerprint density at radius 2 is 0.957 bits per heavy atom. The molecular formula is C45H31P. The molecule has 2 aliphatic rings. The van der Waals surface area contributed by atoms with E-state index in [0.29, 0.717) is 0 Å². The lowest BCUT2D eigenvalue weighted by Gasteiger charge is -2.26. The molecule has 0 heterocycles. The molecule has 8 aromatic rings. The van der Waals surface area contributed by atoms with Crippen LogP contribution in [0.25, 0.3) is 65.7 Å². The molecule has 2 aliphatic carbocycles. The molecule has 0 nitrogen and oxygen atoms in total. The summed E-state index contributed by atoms with van der Waals surface area (Å²) in [7, 11) is -0.839. The standard InChI is InChI=1S/C45H31P/c1-45(2)39-26-30(24-25-36(39)44-37-21-11-20-35-33-18-7-8-19-34(33)38(43(35)37)27-40(44)45)46(41-22-9-14-28-12-3-5-16-31(28)41)42-23-10-15-29-13-4-6-17-32(29)42/h3-27H,1-2H3. The zero-order chi connectivity index (χ0) is 30.6. The van der Waals surface area contributed by atoms with Crippen LogP contribution in [0.2, 0.25) is 0 Å². The first-order valence-corrected chi connectivity index (χ1v) is 17.5.